The van der Waals surface area contributed by atoms with Gasteiger partial charge in [-0.05, 0) is 0 Å². The van der Waals surface area contributed by atoms with Crippen LogP contribution in [0, 0.1) is 0 Å². The van der Waals surface area contributed by atoms with Gasteiger partial charge in [0.2, 0.25) is 0 Å². The Hall–Kier alpha value is 0.358. The summed E-state index contributed by atoms with van der Waals surface area (Å²) in [6.07, 6.45) is 2.30. The van der Waals surface area contributed by atoms with Crippen molar-refractivity contribution in [2.24, 2.45) is 0 Å². The van der Waals surface area contributed by atoms with E-state index in [1.54, 1.807) is 4.35 Å². The Morgan fingerprint density at radius 2 is 1.40 bits per heavy atom. The van der Waals surface area contributed by atoms with Gasteiger partial charge < -0.3 is 0 Å². The number of halogens is 2. The zero-order valence-corrected chi connectivity index (χ0v) is 12.2. The maximum atomic E-state index is 5.76. The summed E-state index contributed by atoms with van der Waals surface area (Å²) < 4.78 is 1.57. The quantitative estimate of drug-likeness (QED) is 0.533. The van der Waals surface area contributed by atoms with Gasteiger partial charge >= 0.3 is 108 Å². The van der Waals surface area contributed by atoms with Crippen LogP contribution in [0.1, 0.15) is 12.8 Å². The average Bonchev–Trinajstić information content (AvgIpc) is 2.30. The Labute approximate surface area is 107 Å². The molecule has 0 fully saturated rings. The minimum absolute atomic E-state index is 0.791. The summed E-state index contributed by atoms with van der Waals surface area (Å²) >= 11 is 10.7. The number of hydrogen-bond donors (Lipinski definition) is 0. The molecule has 0 aliphatic heterocycles. The molecule has 0 nitrogen and oxygen atoms in total. The molecule has 3 heteroatoms. The second-order valence-corrected chi connectivity index (χ2v) is 9.39. The predicted molar refractivity (Wildman–Crippen MR) is 72.1 cm³/mol. The molecule has 1 aromatic rings. The summed E-state index contributed by atoms with van der Waals surface area (Å²) in [5.74, 6) is 1.58. The van der Waals surface area contributed by atoms with Gasteiger partial charge in [0.05, 0.1) is 0 Å². The third kappa shape index (κ3) is 5.29. The molecule has 0 bridgehead atoms. The van der Waals surface area contributed by atoms with Crippen LogP contribution in [-0.4, -0.2) is 26.4 Å². The van der Waals surface area contributed by atoms with Crippen molar-refractivity contribution in [2.75, 3.05) is 11.8 Å². The summed E-state index contributed by atoms with van der Waals surface area (Å²) in [5.41, 5.74) is 0. The molecule has 0 unspecified atom stereocenters. The van der Waals surface area contributed by atoms with Gasteiger partial charge in [-0.15, -0.1) is 0 Å². The monoisotopic (exact) mass is 306 g/mol. The van der Waals surface area contributed by atoms with Crippen molar-refractivity contribution in [2.45, 2.75) is 23.3 Å². The first-order valence-corrected chi connectivity index (χ1v) is 9.96. The Kier molecular flexibility index (Phi) is 7.61. The van der Waals surface area contributed by atoms with Crippen molar-refractivity contribution in [3.63, 3.8) is 0 Å². The molecular weight excluding hydrogens is 290 g/mol. The van der Waals surface area contributed by atoms with Crippen molar-refractivity contribution >= 4 is 42.2 Å². The molecule has 0 N–H and O–H groups in total. The van der Waals surface area contributed by atoms with E-state index < -0.39 is 14.7 Å². The van der Waals surface area contributed by atoms with Gasteiger partial charge in [-0.25, -0.2) is 0 Å². The molecule has 0 saturated heterocycles. The van der Waals surface area contributed by atoms with Crippen LogP contribution in [0.15, 0.2) is 30.3 Å². The van der Waals surface area contributed by atoms with E-state index >= 15 is 0 Å². The fraction of sp³-hybridized carbons (Fsp3) is 0.500. The third-order valence-corrected chi connectivity index (χ3v) is 8.53. The van der Waals surface area contributed by atoms with E-state index in [0.29, 0.717) is 0 Å². The first-order valence-electron chi connectivity index (χ1n) is 5.30. The van der Waals surface area contributed by atoms with Crippen LogP contribution in [0.25, 0.3) is 0 Å². The summed E-state index contributed by atoms with van der Waals surface area (Å²) in [7, 11) is 0. The van der Waals surface area contributed by atoms with Gasteiger partial charge in [-0.1, -0.05) is 0 Å². The molecule has 1 aromatic carbocycles. The number of alkyl halides is 2. The van der Waals surface area contributed by atoms with Crippen LogP contribution < -0.4 is 4.35 Å². The van der Waals surface area contributed by atoms with Crippen molar-refractivity contribution in [1.82, 2.24) is 0 Å². The molecule has 0 spiro atoms. The fourth-order valence-corrected chi connectivity index (χ4v) is 7.65. The van der Waals surface area contributed by atoms with Crippen LogP contribution in [0.2, 0.25) is 10.4 Å². The number of benzene rings is 1. The van der Waals surface area contributed by atoms with Crippen molar-refractivity contribution in [3.8, 4) is 0 Å². The standard InChI is InChI=1S/C12H17AsCl2/c14-10-4-8-13(9-5-11-15)12-6-2-1-3-7-12/h1-3,6-7H,4-5,8-11H2. The second kappa shape index (κ2) is 8.50. The molecule has 0 aliphatic carbocycles. The van der Waals surface area contributed by atoms with E-state index in [0.717, 1.165) is 24.6 Å². The van der Waals surface area contributed by atoms with E-state index in [-0.39, 0.29) is 0 Å². The van der Waals surface area contributed by atoms with Gasteiger partial charge in [0, 0.05) is 0 Å². The molecule has 0 aliphatic rings. The maximum absolute atomic E-state index is 5.76. The van der Waals surface area contributed by atoms with E-state index in [1.807, 2.05) is 0 Å². The number of rotatable bonds is 7. The summed E-state index contributed by atoms with van der Waals surface area (Å²) in [6.45, 7) is 0. The summed E-state index contributed by atoms with van der Waals surface area (Å²) in [6, 6.07) is 10.9. The van der Waals surface area contributed by atoms with Crippen molar-refractivity contribution in [3.05, 3.63) is 30.3 Å². The van der Waals surface area contributed by atoms with E-state index in [9.17, 15) is 0 Å². The Morgan fingerprint density at radius 3 is 1.87 bits per heavy atom. The van der Waals surface area contributed by atoms with Gasteiger partial charge in [0.15, 0.2) is 0 Å². The van der Waals surface area contributed by atoms with Crippen LogP contribution in [-0.2, 0) is 0 Å². The third-order valence-electron chi connectivity index (χ3n) is 2.24. The first-order chi connectivity index (χ1) is 7.38. The molecular formula is C12H17AsCl2. The Bertz CT molecular complexity index is 243. The SMILES string of the molecule is ClCCC[As](CCCCl)c1ccccc1. The molecule has 15 heavy (non-hydrogen) atoms. The molecule has 0 aromatic heterocycles. The van der Waals surface area contributed by atoms with E-state index in [1.165, 1.54) is 10.4 Å². The summed E-state index contributed by atoms with van der Waals surface area (Å²) in [5, 5.41) is 2.63. The Morgan fingerprint density at radius 1 is 0.867 bits per heavy atom. The Balaban J connectivity index is 2.55. The molecule has 0 atom stereocenters. The molecule has 0 radical (unpaired) electrons. The topological polar surface area (TPSA) is 0 Å². The zero-order chi connectivity index (χ0) is 10.9. The molecule has 0 heterocycles. The van der Waals surface area contributed by atoms with Gasteiger partial charge in [0.25, 0.3) is 0 Å². The van der Waals surface area contributed by atoms with Gasteiger partial charge in [-0.3, -0.25) is 0 Å². The van der Waals surface area contributed by atoms with Gasteiger partial charge in [0.1, 0.15) is 0 Å². The normalized spacial score (nSPS) is 10.9. The minimum atomic E-state index is -0.867. The van der Waals surface area contributed by atoms with E-state index in [2.05, 4.69) is 30.3 Å². The van der Waals surface area contributed by atoms with Crippen LogP contribution in [0.4, 0.5) is 0 Å². The van der Waals surface area contributed by atoms with Gasteiger partial charge in [-0.2, -0.15) is 0 Å². The van der Waals surface area contributed by atoms with Crippen molar-refractivity contribution in [1.29, 1.82) is 0 Å². The predicted octanol–water partition coefficient (Wildman–Crippen LogP) is 3.65. The average molecular weight is 307 g/mol. The first kappa shape index (κ1) is 13.4. The molecule has 1 rings (SSSR count). The van der Waals surface area contributed by atoms with Crippen molar-refractivity contribution < 1.29 is 0 Å². The number of hydrogen-bond acceptors (Lipinski definition) is 0. The second-order valence-electron chi connectivity index (χ2n) is 3.41. The van der Waals surface area contributed by atoms with Crippen LogP contribution in [0.5, 0.6) is 0 Å². The molecule has 84 valence electrons. The zero-order valence-electron chi connectivity index (χ0n) is 8.83. The fourth-order valence-electron chi connectivity index (χ4n) is 1.51. The van der Waals surface area contributed by atoms with Crippen LogP contribution in [0.3, 0.4) is 0 Å². The van der Waals surface area contributed by atoms with Crippen LogP contribution >= 0.6 is 23.2 Å². The van der Waals surface area contributed by atoms with E-state index in [4.69, 9.17) is 23.2 Å². The molecule has 0 saturated carbocycles. The molecule has 0 amide bonds. The summed E-state index contributed by atoms with van der Waals surface area (Å²) in [4.78, 5) is 0.